The number of amides is 1. The van der Waals surface area contributed by atoms with E-state index in [9.17, 15) is 4.79 Å². The van der Waals surface area contributed by atoms with Crippen LogP contribution in [0.5, 0.6) is 11.5 Å². The molecule has 0 unspecified atom stereocenters. The van der Waals surface area contributed by atoms with Crippen molar-refractivity contribution in [2.45, 2.75) is 13.5 Å². The molecule has 4 rings (SSSR count). The van der Waals surface area contributed by atoms with E-state index in [1.807, 2.05) is 61.5 Å². The van der Waals surface area contributed by atoms with E-state index in [1.54, 1.807) is 13.2 Å². The molecule has 174 valence electrons. The number of aliphatic imine (C=N–C) groups is 1. The molecular weight excluding hydrogens is 651 g/mol. The first-order valence-electron chi connectivity index (χ1n) is 10.1. The molecule has 1 aliphatic heterocycles. The molecule has 34 heavy (non-hydrogen) atoms. The second-order valence-electron chi connectivity index (χ2n) is 7.36. The molecule has 0 spiro atoms. The van der Waals surface area contributed by atoms with Crippen LogP contribution < -0.4 is 14.8 Å². The number of methoxy groups -OCH3 is 1. The Labute approximate surface area is 229 Å². The quantitative estimate of drug-likeness (QED) is 0.218. The zero-order chi connectivity index (χ0) is 24.2. The molecule has 3 aromatic carbocycles. The summed E-state index contributed by atoms with van der Waals surface area (Å²) in [5, 5.41) is 4.00. The lowest BCUT2D eigenvalue weighted by molar-refractivity contribution is -0.115. The van der Waals surface area contributed by atoms with Gasteiger partial charge in [0.05, 0.1) is 21.3 Å². The smallest absolute Gasteiger partial charge is 0.264 e. The minimum Gasteiger partial charge on any atom is -0.493 e. The summed E-state index contributed by atoms with van der Waals surface area (Å²) in [7, 11) is 1.60. The van der Waals surface area contributed by atoms with Crippen LogP contribution in [0.15, 0.2) is 69.0 Å². The van der Waals surface area contributed by atoms with Crippen molar-refractivity contribution in [2.24, 2.45) is 4.99 Å². The molecule has 0 aromatic heterocycles. The third-order valence-electron chi connectivity index (χ3n) is 4.88. The summed E-state index contributed by atoms with van der Waals surface area (Å²) in [6, 6.07) is 17.2. The Morgan fingerprint density at radius 3 is 2.65 bits per heavy atom. The van der Waals surface area contributed by atoms with Crippen molar-refractivity contribution in [2.75, 3.05) is 7.11 Å². The summed E-state index contributed by atoms with van der Waals surface area (Å²) in [5.74, 6) is 1.07. The number of halogens is 3. The largest absolute Gasteiger partial charge is 0.493 e. The van der Waals surface area contributed by atoms with Crippen molar-refractivity contribution in [3.05, 3.63) is 89.3 Å². The SMILES string of the molecule is COc1cc(/C=C2\SC(=Nc3ccc(Cl)cc3C)NC2=O)cc(I)c1OCc1ccc(Br)cc1. The van der Waals surface area contributed by atoms with Crippen LogP contribution in [-0.4, -0.2) is 18.2 Å². The Morgan fingerprint density at radius 1 is 1.18 bits per heavy atom. The Morgan fingerprint density at radius 2 is 1.94 bits per heavy atom. The van der Waals surface area contributed by atoms with E-state index in [-0.39, 0.29) is 5.91 Å². The van der Waals surface area contributed by atoms with Gasteiger partial charge in [-0.15, -0.1) is 0 Å². The number of carbonyl (C=O) groups is 1. The number of nitrogens with zero attached hydrogens (tertiary/aromatic N) is 1. The molecule has 3 aromatic rings. The molecular formula is C25H19BrClIN2O3S. The van der Waals surface area contributed by atoms with Gasteiger partial charge >= 0.3 is 0 Å². The van der Waals surface area contributed by atoms with Crippen LogP contribution in [0.4, 0.5) is 5.69 Å². The van der Waals surface area contributed by atoms with Gasteiger partial charge in [-0.25, -0.2) is 4.99 Å². The van der Waals surface area contributed by atoms with Crippen LogP contribution in [0, 0.1) is 10.5 Å². The zero-order valence-corrected chi connectivity index (χ0v) is 23.5. The van der Waals surface area contributed by atoms with E-state index >= 15 is 0 Å². The van der Waals surface area contributed by atoms with Gasteiger partial charge in [-0.1, -0.05) is 39.7 Å². The number of rotatable bonds is 6. The number of amidine groups is 1. The molecule has 1 heterocycles. The molecule has 1 N–H and O–H groups in total. The first-order valence-corrected chi connectivity index (χ1v) is 13.2. The van der Waals surface area contributed by atoms with E-state index < -0.39 is 0 Å². The van der Waals surface area contributed by atoms with Gasteiger partial charge in [-0.3, -0.25) is 4.79 Å². The fraction of sp³-hybridized carbons (Fsp3) is 0.120. The number of ether oxygens (including phenoxy) is 2. The summed E-state index contributed by atoms with van der Waals surface area (Å²) in [6.07, 6.45) is 1.82. The molecule has 0 aliphatic carbocycles. The monoisotopic (exact) mass is 668 g/mol. The highest BCUT2D eigenvalue weighted by atomic mass is 127. The lowest BCUT2D eigenvalue weighted by Crippen LogP contribution is -2.19. The molecule has 0 saturated carbocycles. The molecule has 1 saturated heterocycles. The average Bonchev–Trinajstić information content (AvgIpc) is 3.14. The Hall–Kier alpha value is -2.01. The molecule has 0 atom stereocenters. The predicted molar refractivity (Wildman–Crippen MR) is 151 cm³/mol. The molecule has 0 bridgehead atoms. The third kappa shape index (κ3) is 6.16. The molecule has 5 nitrogen and oxygen atoms in total. The fourth-order valence-electron chi connectivity index (χ4n) is 3.18. The topological polar surface area (TPSA) is 59.9 Å². The van der Waals surface area contributed by atoms with Crippen molar-refractivity contribution < 1.29 is 14.3 Å². The highest BCUT2D eigenvalue weighted by Gasteiger charge is 2.24. The molecule has 1 fully saturated rings. The number of benzene rings is 3. The maximum absolute atomic E-state index is 12.5. The zero-order valence-electron chi connectivity index (χ0n) is 18.2. The number of carbonyl (C=O) groups excluding carboxylic acids is 1. The number of aryl methyl sites for hydroxylation is 1. The van der Waals surface area contributed by atoms with Crippen molar-refractivity contribution in [3.8, 4) is 11.5 Å². The van der Waals surface area contributed by atoms with Crippen molar-refractivity contribution in [1.82, 2.24) is 5.32 Å². The first-order chi connectivity index (χ1) is 16.3. The predicted octanol–water partition coefficient (Wildman–Crippen LogP) is 7.49. The van der Waals surface area contributed by atoms with Crippen molar-refractivity contribution >= 4 is 84.7 Å². The van der Waals surface area contributed by atoms with Crippen LogP contribution in [0.2, 0.25) is 5.02 Å². The summed E-state index contributed by atoms with van der Waals surface area (Å²) in [6.45, 7) is 2.35. The van der Waals surface area contributed by atoms with Gasteiger partial charge in [-0.05, 0) is 107 Å². The van der Waals surface area contributed by atoms with E-state index in [4.69, 9.17) is 21.1 Å². The second-order valence-corrected chi connectivity index (χ2v) is 10.9. The van der Waals surface area contributed by atoms with Gasteiger partial charge in [0.15, 0.2) is 16.7 Å². The van der Waals surface area contributed by atoms with Gasteiger partial charge in [0.25, 0.3) is 5.91 Å². The highest BCUT2D eigenvalue weighted by molar-refractivity contribution is 14.1. The Balaban J connectivity index is 1.54. The first kappa shape index (κ1) is 25.1. The normalized spacial score (nSPS) is 15.6. The molecule has 1 amide bonds. The lowest BCUT2D eigenvalue weighted by Gasteiger charge is -2.14. The maximum Gasteiger partial charge on any atom is 0.264 e. The van der Waals surface area contributed by atoms with E-state index in [0.717, 1.165) is 30.4 Å². The van der Waals surface area contributed by atoms with E-state index in [0.29, 0.717) is 33.2 Å². The van der Waals surface area contributed by atoms with Gasteiger partial charge < -0.3 is 14.8 Å². The van der Waals surface area contributed by atoms with Crippen molar-refractivity contribution in [1.29, 1.82) is 0 Å². The highest BCUT2D eigenvalue weighted by Crippen LogP contribution is 2.37. The van der Waals surface area contributed by atoms with Crippen molar-refractivity contribution in [3.63, 3.8) is 0 Å². The number of nitrogens with one attached hydrogen (secondary N) is 1. The minimum atomic E-state index is -0.195. The summed E-state index contributed by atoms with van der Waals surface area (Å²) < 4.78 is 13.5. The number of thioether (sulfide) groups is 1. The second kappa shape index (κ2) is 11.2. The standard InChI is InChI=1S/C25H19BrClIN2O3S/c1-14-9-18(27)7-8-20(14)29-25-30-24(31)22(34-25)12-16-10-19(28)23(21(11-16)32-2)33-13-15-3-5-17(26)6-4-15/h3-12H,13H2,1-2H3,(H,29,30,31)/b22-12-. The fourth-order valence-corrected chi connectivity index (χ4v) is 5.29. The Bertz CT molecular complexity index is 1310. The number of hydrogen-bond donors (Lipinski definition) is 1. The lowest BCUT2D eigenvalue weighted by atomic mass is 10.2. The summed E-state index contributed by atoms with van der Waals surface area (Å²) >= 11 is 13.0. The van der Waals surface area contributed by atoms with Gasteiger partial charge in [0.2, 0.25) is 0 Å². The Kier molecular flexibility index (Phi) is 8.23. The van der Waals surface area contributed by atoms with Crippen LogP contribution in [0.25, 0.3) is 6.08 Å². The van der Waals surface area contributed by atoms with Crippen LogP contribution in [0.3, 0.4) is 0 Å². The molecule has 1 aliphatic rings. The molecule has 0 radical (unpaired) electrons. The maximum atomic E-state index is 12.5. The summed E-state index contributed by atoms with van der Waals surface area (Å²) in [5.41, 5.74) is 3.58. The minimum absolute atomic E-state index is 0.195. The number of hydrogen-bond acceptors (Lipinski definition) is 5. The van der Waals surface area contributed by atoms with Crippen LogP contribution in [-0.2, 0) is 11.4 Å². The third-order valence-corrected chi connectivity index (χ3v) is 7.35. The van der Waals surface area contributed by atoms with Gasteiger partial charge in [0.1, 0.15) is 6.61 Å². The summed E-state index contributed by atoms with van der Waals surface area (Å²) in [4.78, 5) is 17.7. The molecule has 9 heteroatoms. The van der Waals surface area contributed by atoms with Crippen LogP contribution >= 0.6 is 61.9 Å². The van der Waals surface area contributed by atoms with Crippen LogP contribution in [0.1, 0.15) is 16.7 Å². The average molecular weight is 670 g/mol. The van der Waals surface area contributed by atoms with Gasteiger partial charge in [-0.2, -0.15) is 0 Å². The van der Waals surface area contributed by atoms with Gasteiger partial charge in [0, 0.05) is 9.50 Å². The van der Waals surface area contributed by atoms with E-state index in [2.05, 4.69) is 48.8 Å². The van der Waals surface area contributed by atoms with E-state index in [1.165, 1.54) is 11.8 Å².